The topological polar surface area (TPSA) is 110 Å². The van der Waals surface area contributed by atoms with Crippen molar-refractivity contribution in [3.63, 3.8) is 0 Å². The number of carboxylic acids is 2. The monoisotopic (exact) mass is 303 g/mol. The Labute approximate surface area is 124 Å². The number of hydrogen-bond donors (Lipinski definition) is 3. The SMILES string of the molecule is CCN(C(=O)NC(CCC(=O)O)C(=O)O)C(C)CN(C)C. The third kappa shape index (κ3) is 7.50. The molecule has 0 aromatic heterocycles. The van der Waals surface area contributed by atoms with Gasteiger partial charge in [0, 0.05) is 25.6 Å². The summed E-state index contributed by atoms with van der Waals surface area (Å²) in [7, 11) is 3.77. The molecule has 3 N–H and O–H groups in total. The van der Waals surface area contributed by atoms with Crippen molar-refractivity contribution in [2.45, 2.75) is 38.8 Å². The molecule has 0 heterocycles. The fraction of sp³-hybridized carbons (Fsp3) is 0.769. The lowest BCUT2D eigenvalue weighted by molar-refractivity contribution is -0.140. The first kappa shape index (κ1) is 19.2. The van der Waals surface area contributed by atoms with E-state index in [1.54, 1.807) is 6.92 Å². The van der Waals surface area contributed by atoms with Gasteiger partial charge in [-0.3, -0.25) is 4.79 Å². The lowest BCUT2D eigenvalue weighted by Crippen LogP contribution is -2.52. The largest absolute Gasteiger partial charge is 0.481 e. The molecular weight excluding hydrogens is 278 g/mol. The minimum Gasteiger partial charge on any atom is -0.481 e. The Morgan fingerprint density at radius 3 is 2.14 bits per heavy atom. The molecule has 8 nitrogen and oxygen atoms in total. The Bertz CT molecular complexity index is 373. The van der Waals surface area contributed by atoms with Crippen LogP contribution < -0.4 is 5.32 Å². The smallest absolute Gasteiger partial charge is 0.326 e. The average molecular weight is 303 g/mol. The molecule has 122 valence electrons. The lowest BCUT2D eigenvalue weighted by atomic mass is 10.1. The summed E-state index contributed by atoms with van der Waals surface area (Å²) in [6.07, 6.45) is -0.452. The number of likely N-dealkylation sites (N-methyl/N-ethyl adjacent to an activating group) is 2. The van der Waals surface area contributed by atoms with E-state index >= 15 is 0 Å². The Balaban J connectivity index is 4.69. The first-order valence-electron chi connectivity index (χ1n) is 6.85. The van der Waals surface area contributed by atoms with E-state index in [1.807, 2.05) is 25.9 Å². The zero-order valence-corrected chi connectivity index (χ0v) is 13.0. The normalized spacial score (nSPS) is 13.6. The van der Waals surface area contributed by atoms with Crippen LogP contribution in [0, 0.1) is 0 Å². The van der Waals surface area contributed by atoms with Crippen LogP contribution in [-0.2, 0) is 9.59 Å². The zero-order valence-electron chi connectivity index (χ0n) is 13.0. The number of carboxylic acid groups (broad SMARTS) is 2. The number of nitrogens with zero attached hydrogens (tertiary/aromatic N) is 2. The van der Waals surface area contributed by atoms with E-state index in [9.17, 15) is 14.4 Å². The number of urea groups is 1. The fourth-order valence-electron chi connectivity index (χ4n) is 2.04. The molecule has 0 aromatic carbocycles. The molecule has 0 aliphatic rings. The van der Waals surface area contributed by atoms with Crippen molar-refractivity contribution in [1.29, 1.82) is 0 Å². The molecule has 0 fully saturated rings. The molecule has 21 heavy (non-hydrogen) atoms. The molecule has 0 aliphatic heterocycles. The van der Waals surface area contributed by atoms with Crippen molar-refractivity contribution in [3.05, 3.63) is 0 Å². The van der Waals surface area contributed by atoms with E-state index in [2.05, 4.69) is 5.32 Å². The predicted molar refractivity (Wildman–Crippen MR) is 77.2 cm³/mol. The van der Waals surface area contributed by atoms with Gasteiger partial charge in [-0.1, -0.05) is 0 Å². The number of nitrogens with one attached hydrogen (secondary N) is 1. The molecule has 2 unspecified atom stereocenters. The number of aliphatic carboxylic acids is 2. The number of carbonyl (C=O) groups is 3. The third-order valence-corrected chi connectivity index (χ3v) is 3.01. The van der Waals surface area contributed by atoms with E-state index in [0.29, 0.717) is 13.1 Å². The molecular formula is C13H25N3O5. The molecule has 0 spiro atoms. The molecule has 0 bridgehead atoms. The summed E-state index contributed by atoms with van der Waals surface area (Å²) in [6, 6.07) is -1.78. The summed E-state index contributed by atoms with van der Waals surface area (Å²) in [6.45, 7) is 4.76. The van der Waals surface area contributed by atoms with Crippen molar-refractivity contribution in [2.24, 2.45) is 0 Å². The van der Waals surface area contributed by atoms with E-state index < -0.39 is 24.0 Å². The second-order valence-corrected chi connectivity index (χ2v) is 5.17. The van der Waals surface area contributed by atoms with Gasteiger partial charge in [-0.2, -0.15) is 0 Å². The van der Waals surface area contributed by atoms with Crippen LogP contribution in [0.1, 0.15) is 26.7 Å². The van der Waals surface area contributed by atoms with Gasteiger partial charge in [0.05, 0.1) is 0 Å². The fourth-order valence-corrected chi connectivity index (χ4v) is 2.04. The minimum absolute atomic E-state index is 0.0843. The highest BCUT2D eigenvalue weighted by atomic mass is 16.4. The number of carbonyl (C=O) groups excluding carboxylic acids is 1. The van der Waals surface area contributed by atoms with Gasteiger partial charge in [-0.15, -0.1) is 0 Å². The highest BCUT2D eigenvalue weighted by molar-refractivity contribution is 5.83. The summed E-state index contributed by atoms with van der Waals surface area (Å²) in [5.41, 5.74) is 0. The van der Waals surface area contributed by atoms with Crippen LogP contribution in [0.3, 0.4) is 0 Å². The summed E-state index contributed by atoms with van der Waals surface area (Å²) >= 11 is 0. The van der Waals surface area contributed by atoms with E-state index in [1.165, 1.54) is 4.90 Å². The minimum atomic E-state index is -1.24. The summed E-state index contributed by atoms with van der Waals surface area (Å²) in [5, 5.41) is 20.0. The van der Waals surface area contributed by atoms with Crippen LogP contribution >= 0.6 is 0 Å². The van der Waals surface area contributed by atoms with E-state index in [4.69, 9.17) is 10.2 Å². The highest BCUT2D eigenvalue weighted by Gasteiger charge is 2.25. The van der Waals surface area contributed by atoms with Crippen LogP contribution in [-0.4, -0.2) is 77.3 Å². The second kappa shape index (κ2) is 9.17. The van der Waals surface area contributed by atoms with Gasteiger partial charge in [0.2, 0.25) is 0 Å². The third-order valence-electron chi connectivity index (χ3n) is 3.01. The molecule has 8 heteroatoms. The van der Waals surface area contributed by atoms with Crippen LogP contribution in [0.4, 0.5) is 4.79 Å². The van der Waals surface area contributed by atoms with Crippen LogP contribution in [0.2, 0.25) is 0 Å². The zero-order chi connectivity index (χ0) is 16.6. The Hall–Kier alpha value is -1.83. The van der Waals surface area contributed by atoms with Gasteiger partial charge in [0.25, 0.3) is 0 Å². The van der Waals surface area contributed by atoms with Gasteiger partial charge >= 0.3 is 18.0 Å². The Morgan fingerprint density at radius 1 is 1.19 bits per heavy atom. The molecule has 2 amide bonds. The highest BCUT2D eigenvalue weighted by Crippen LogP contribution is 2.04. The predicted octanol–water partition coefficient (Wildman–Crippen LogP) is 0.286. The maximum Gasteiger partial charge on any atom is 0.326 e. The van der Waals surface area contributed by atoms with Crippen molar-refractivity contribution < 1.29 is 24.6 Å². The van der Waals surface area contributed by atoms with Gasteiger partial charge in [0.1, 0.15) is 6.04 Å². The van der Waals surface area contributed by atoms with Crippen molar-refractivity contribution >= 4 is 18.0 Å². The van der Waals surface area contributed by atoms with E-state index in [0.717, 1.165) is 0 Å². The van der Waals surface area contributed by atoms with Crippen LogP contribution in [0.5, 0.6) is 0 Å². The molecule has 0 aromatic rings. The quantitative estimate of drug-likeness (QED) is 0.564. The standard InChI is InChI=1S/C13H25N3O5/c1-5-16(9(2)8-15(3)4)13(21)14-10(12(19)20)6-7-11(17)18/h9-10H,5-8H2,1-4H3,(H,14,21)(H,17,18)(H,19,20). The number of rotatable bonds is 9. The molecule has 0 rings (SSSR count). The lowest BCUT2D eigenvalue weighted by Gasteiger charge is -2.31. The summed E-state index contributed by atoms with van der Waals surface area (Å²) in [5.74, 6) is -2.33. The second-order valence-electron chi connectivity index (χ2n) is 5.17. The summed E-state index contributed by atoms with van der Waals surface area (Å²) < 4.78 is 0. The van der Waals surface area contributed by atoms with Gasteiger partial charge < -0.3 is 25.3 Å². The van der Waals surface area contributed by atoms with E-state index in [-0.39, 0.29) is 18.9 Å². The molecule has 0 saturated heterocycles. The van der Waals surface area contributed by atoms with Crippen molar-refractivity contribution in [1.82, 2.24) is 15.1 Å². The van der Waals surface area contributed by atoms with Crippen molar-refractivity contribution in [2.75, 3.05) is 27.2 Å². The number of amides is 2. The van der Waals surface area contributed by atoms with Gasteiger partial charge in [0.15, 0.2) is 0 Å². The van der Waals surface area contributed by atoms with Gasteiger partial charge in [-0.25, -0.2) is 9.59 Å². The van der Waals surface area contributed by atoms with Crippen LogP contribution in [0.15, 0.2) is 0 Å². The molecule has 2 atom stereocenters. The first-order chi connectivity index (χ1) is 9.68. The Kier molecular flexibility index (Phi) is 8.37. The maximum atomic E-state index is 12.1. The Morgan fingerprint density at radius 2 is 1.76 bits per heavy atom. The maximum absolute atomic E-state index is 12.1. The van der Waals surface area contributed by atoms with Crippen LogP contribution in [0.25, 0.3) is 0 Å². The molecule has 0 saturated carbocycles. The van der Waals surface area contributed by atoms with Crippen molar-refractivity contribution in [3.8, 4) is 0 Å². The summed E-state index contributed by atoms with van der Waals surface area (Å²) in [4.78, 5) is 37.2. The first-order valence-corrected chi connectivity index (χ1v) is 6.85. The molecule has 0 aliphatic carbocycles. The van der Waals surface area contributed by atoms with Gasteiger partial charge in [-0.05, 0) is 34.4 Å². The number of hydrogen-bond acceptors (Lipinski definition) is 4. The molecule has 0 radical (unpaired) electrons. The average Bonchev–Trinajstić information content (AvgIpc) is 2.33.